The van der Waals surface area contributed by atoms with Gasteiger partial charge in [0.1, 0.15) is 5.76 Å². The van der Waals surface area contributed by atoms with Crippen LogP contribution in [0.2, 0.25) is 0 Å². The van der Waals surface area contributed by atoms with Crippen molar-refractivity contribution < 1.29 is 14.0 Å². The minimum Gasteiger partial charge on any atom is -0.467 e. The molecule has 6 heteroatoms. The fourth-order valence-electron chi connectivity index (χ4n) is 3.67. The maximum absolute atomic E-state index is 13.1. The normalized spacial score (nSPS) is 19.8. The molecule has 3 heterocycles. The van der Waals surface area contributed by atoms with Crippen LogP contribution in [0.5, 0.6) is 0 Å². The zero-order chi connectivity index (χ0) is 19.1. The lowest BCUT2D eigenvalue weighted by Gasteiger charge is -2.31. The molecule has 0 aliphatic carbocycles. The van der Waals surface area contributed by atoms with Gasteiger partial charge in [-0.25, -0.2) is 4.79 Å². The molecule has 1 N–H and O–H groups in total. The lowest BCUT2D eigenvalue weighted by molar-refractivity contribution is -0.126. The fraction of sp³-hybridized carbons (Fsp3) is 0.333. The lowest BCUT2D eigenvalue weighted by atomic mass is 9.93. The number of carbonyl (C=O) groups excluding carboxylic acids is 2. The first-order chi connectivity index (χ1) is 13.0. The topological polar surface area (TPSA) is 65.8 Å². The highest BCUT2D eigenvalue weighted by Gasteiger charge is 2.42. The molecule has 3 amide bonds. The minimum atomic E-state index is -0.431. The third-order valence-electron chi connectivity index (χ3n) is 5.30. The molecule has 0 unspecified atom stereocenters. The monoisotopic (exact) mass is 365 g/mol. The third kappa shape index (κ3) is 3.01. The molecule has 2 aliphatic heterocycles. The smallest absolute Gasteiger partial charge is 0.322 e. The van der Waals surface area contributed by atoms with Crippen molar-refractivity contribution in [2.45, 2.75) is 32.4 Å². The zero-order valence-corrected chi connectivity index (χ0v) is 15.7. The number of furan rings is 1. The van der Waals surface area contributed by atoms with Gasteiger partial charge in [-0.2, -0.15) is 0 Å². The first kappa shape index (κ1) is 17.4. The van der Waals surface area contributed by atoms with Crippen molar-refractivity contribution in [3.05, 3.63) is 70.8 Å². The Labute approximate surface area is 158 Å². The molecule has 0 spiro atoms. The van der Waals surface area contributed by atoms with E-state index in [2.05, 4.69) is 31.3 Å². The summed E-state index contributed by atoms with van der Waals surface area (Å²) < 4.78 is 5.38. The Bertz CT molecular complexity index is 897. The molecule has 2 aliphatic rings. The van der Waals surface area contributed by atoms with Crippen molar-refractivity contribution >= 4 is 11.9 Å². The van der Waals surface area contributed by atoms with Crippen LogP contribution in [0.4, 0.5) is 4.79 Å². The Hall–Kier alpha value is -3.02. The van der Waals surface area contributed by atoms with Gasteiger partial charge >= 0.3 is 6.03 Å². The zero-order valence-electron chi connectivity index (χ0n) is 15.7. The van der Waals surface area contributed by atoms with Gasteiger partial charge in [0.05, 0.1) is 36.7 Å². The first-order valence-electron chi connectivity index (χ1n) is 9.14. The summed E-state index contributed by atoms with van der Waals surface area (Å²) in [4.78, 5) is 28.8. The van der Waals surface area contributed by atoms with Gasteiger partial charge in [-0.15, -0.1) is 0 Å². The van der Waals surface area contributed by atoms with Crippen LogP contribution in [0.1, 0.15) is 42.7 Å². The molecule has 0 fully saturated rings. The average molecular weight is 365 g/mol. The molecular formula is C21H23N3O3. The van der Waals surface area contributed by atoms with Crippen LogP contribution in [0.15, 0.2) is 58.3 Å². The van der Waals surface area contributed by atoms with Gasteiger partial charge in [0, 0.05) is 7.05 Å². The molecule has 27 heavy (non-hydrogen) atoms. The Morgan fingerprint density at radius 1 is 1.19 bits per heavy atom. The second-order valence-corrected chi connectivity index (χ2v) is 7.36. The van der Waals surface area contributed by atoms with Crippen LogP contribution in [0.3, 0.4) is 0 Å². The number of hydrogen-bond acceptors (Lipinski definition) is 3. The van der Waals surface area contributed by atoms with Crippen molar-refractivity contribution in [1.29, 1.82) is 0 Å². The van der Waals surface area contributed by atoms with Crippen molar-refractivity contribution in [2.75, 3.05) is 13.6 Å². The second kappa shape index (κ2) is 6.61. The molecule has 140 valence electrons. The maximum Gasteiger partial charge on any atom is 0.322 e. The summed E-state index contributed by atoms with van der Waals surface area (Å²) >= 11 is 0. The van der Waals surface area contributed by atoms with E-state index >= 15 is 0 Å². The van der Waals surface area contributed by atoms with E-state index < -0.39 is 6.04 Å². The van der Waals surface area contributed by atoms with Gasteiger partial charge < -0.3 is 14.6 Å². The number of carbonyl (C=O) groups is 2. The summed E-state index contributed by atoms with van der Waals surface area (Å²) in [7, 11) is 1.70. The molecule has 0 saturated carbocycles. The van der Waals surface area contributed by atoms with E-state index in [1.165, 1.54) is 10.5 Å². The summed E-state index contributed by atoms with van der Waals surface area (Å²) in [5, 5.41) is 2.97. The van der Waals surface area contributed by atoms with E-state index in [4.69, 9.17) is 4.42 Å². The predicted octanol–water partition coefficient (Wildman–Crippen LogP) is 3.40. The quantitative estimate of drug-likeness (QED) is 0.903. The van der Waals surface area contributed by atoms with Gasteiger partial charge in [-0.3, -0.25) is 9.69 Å². The van der Waals surface area contributed by atoms with Gasteiger partial charge in [0.15, 0.2) is 0 Å². The SMILES string of the molecule is CC(C)c1ccc([C@H]2NC(=O)N(C)C3=C2C(=O)N(Cc2ccco2)C3)cc1. The van der Waals surface area contributed by atoms with Crippen molar-refractivity contribution in [3.8, 4) is 0 Å². The Balaban J connectivity index is 1.66. The van der Waals surface area contributed by atoms with Crippen LogP contribution in [0.25, 0.3) is 0 Å². The van der Waals surface area contributed by atoms with Gasteiger partial charge in [-0.1, -0.05) is 38.1 Å². The highest BCUT2D eigenvalue weighted by atomic mass is 16.3. The number of nitrogens with zero attached hydrogens (tertiary/aromatic N) is 2. The lowest BCUT2D eigenvalue weighted by Crippen LogP contribution is -2.45. The van der Waals surface area contributed by atoms with E-state index in [0.29, 0.717) is 24.6 Å². The van der Waals surface area contributed by atoms with Crippen LogP contribution < -0.4 is 5.32 Å². The minimum absolute atomic E-state index is 0.0637. The first-order valence-corrected chi connectivity index (χ1v) is 9.14. The van der Waals surface area contributed by atoms with E-state index in [1.807, 2.05) is 18.2 Å². The molecule has 2 aromatic rings. The van der Waals surface area contributed by atoms with Gasteiger partial charge in [-0.05, 0) is 29.2 Å². The standard InChI is InChI=1S/C21H23N3O3/c1-13(2)14-6-8-15(9-7-14)19-18-17(23(3)21(26)22-19)12-24(20(18)25)11-16-5-4-10-27-16/h4-10,13,19H,11-12H2,1-3H3,(H,22,26)/t19-/m1/s1. The maximum atomic E-state index is 13.1. The van der Waals surface area contributed by atoms with E-state index in [-0.39, 0.29) is 11.9 Å². The second-order valence-electron chi connectivity index (χ2n) is 7.36. The molecular weight excluding hydrogens is 342 g/mol. The molecule has 0 bridgehead atoms. The van der Waals surface area contributed by atoms with Crippen molar-refractivity contribution in [3.63, 3.8) is 0 Å². The third-order valence-corrected chi connectivity index (χ3v) is 5.30. The number of urea groups is 1. The van der Waals surface area contributed by atoms with Gasteiger partial charge in [0.25, 0.3) is 5.91 Å². The van der Waals surface area contributed by atoms with E-state index in [1.54, 1.807) is 24.3 Å². The highest BCUT2D eigenvalue weighted by molar-refractivity contribution is 6.01. The number of nitrogens with one attached hydrogen (secondary N) is 1. The van der Waals surface area contributed by atoms with Crippen LogP contribution in [-0.2, 0) is 11.3 Å². The number of hydrogen-bond donors (Lipinski definition) is 1. The fourth-order valence-corrected chi connectivity index (χ4v) is 3.67. The Morgan fingerprint density at radius 3 is 2.56 bits per heavy atom. The summed E-state index contributed by atoms with van der Waals surface area (Å²) in [5.41, 5.74) is 3.54. The summed E-state index contributed by atoms with van der Waals surface area (Å²) in [6, 6.07) is 11.1. The molecule has 4 rings (SSSR count). The highest BCUT2D eigenvalue weighted by Crippen LogP contribution is 2.36. The molecule has 0 radical (unpaired) electrons. The number of amides is 3. The molecule has 0 saturated heterocycles. The molecule has 1 atom stereocenters. The number of benzene rings is 1. The van der Waals surface area contributed by atoms with Crippen molar-refractivity contribution in [2.24, 2.45) is 0 Å². The Kier molecular flexibility index (Phi) is 4.26. The Morgan fingerprint density at radius 2 is 1.93 bits per heavy atom. The molecule has 1 aromatic carbocycles. The van der Waals surface area contributed by atoms with Crippen molar-refractivity contribution in [1.82, 2.24) is 15.1 Å². The summed E-state index contributed by atoms with van der Waals surface area (Å²) in [5.74, 6) is 1.09. The summed E-state index contributed by atoms with van der Waals surface area (Å²) in [6.07, 6.45) is 1.60. The molecule has 1 aromatic heterocycles. The molecule has 6 nitrogen and oxygen atoms in total. The number of rotatable bonds is 4. The summed E-state index contributed by atoms with van der Waals surface area (Å²) in [6.45, 7) is 5.07. The van der Waals surface area contributed by atoms with Crippen LogP contribution in [0, 0.1) is 0 Å². The predicted molar refractivity (Wildman–Crippen MR) is 101 cm³/mol. The van der Waals surface area contributed by atoms with Crippen LogP contribution in [-0.4, -0.2) is 35.3 Å². The number of likely N-dealkylation sites (N-methyl/N-ethyl adjacent to an activating group) is 1. The van der Waals surface area contributed by atoms with Gasteiger partial charge in [0.2, 0.25) is 0 Å². The van der Waals surface area contributed by atoms with Crippen LogP contribution >= 0.6 is 0 Å². The van der Waals surface area contributed by atoms with E-state index in [0.717, 1.165) is 17.0 Å². The average Bonchev–Trinajstić information content (AvgIpc) is 3.28. The van der Waals surface area contributed by atoms with E-state index in [9.17, 15) is 9.59 Å². The largest absolute Gasteiger partial charge is 0.467 e.